The van der Waals surface area contributed by atoms with Gasteiger partial charge in [-0.3, -0.25) is 0 Å². The van der Waals surface area contributed by atoms with Gasteiger partial charge in [-0.15, -0.1) is 0 Å². The Hall–Kier alpha value is -2.51. The number of nitriles is 1. The van der Waals surface area contributed by atoms with E-state index in [1.54, 1.807) is 0 Å². The van der Waals surface area contributed by atoms with Gasteiger partial charge in [-0.1, -0.05) is 18.6 Å². The molecule has 2 aromatic carbocycles. The molecule has 0 radical (unpaired) electrons. The summed E-state index contributed by atoms with van der Waals surface area (Å²) in [5.74, 6) is 0.949. The lowest BCUT2D eigenvalue weighted by molar-refractivity contribution is 0.155. The minimum Gasteiger partial charge on any atom is -0.490 e. The van der Waals surface area contributed by atoms with Gasteiger partial charge in [0.15, 0.2) is 0 Å². The molecule has 2 aromatic rings. The molecule has 28 heavy (non-hydrogen) atoms. The van der Waals surface area contributed by atoms with Crippen LogP contribution < -0.4 is 10.1 Å². The Morgan fingerprint density at radius 1 is 1.07 bits per heavy atom. The number of anilines is 1. The number of benzene rings is 2. The molecular formula is C24H31N3O. The van der Waals surface area contributed by atoms with Crippen LogP contribution in [0.5, 0.6) is 5.75 Å². The van der Waals surface area contributed by atoms with Crippen molar-refractivity contribution in [1.82, 2.24) is 4.90 Å². The normalized spacial score (nSPS) is 14.7. The monoisotopic (exact) mass is 377 g/mol. The van der Waals surface area contributed by atoms with Crippen molar-refractivity contribution >= 4 is 5.69 Å². The van der Waals surface area contributed by atoms with Gasteiger partial charge < -0.3 is 15.0 Å². The van der Waals surface area contributed by atoms with Gasteiger partial charge in [-0.25, -0.2) is 0 Å². The van der Waals surface area contributed by atoms with E-state index in [4.69, 9.17) is 4.74 Å². The SMILES string of the molecule is Cc1cc(-c2ccc(OC3CCCCC3)cc2)cc(NCCN(C)C)c1C#N. The van der Waals surface area contributed by atoms with Crippen molar-refractivity contribution < 1.29 is 4.74 Å². The summed E-state index contributed by atoms with van der Waals surface area (Å²) in [5, 5.41) is 13.0. The van der Waals surface area contributed by atoms with Gasteiger partial charge in [0.05, 0.1) is 17.4 Å². The lowest BCUT2D eigenvalue weighted by atomic mass is 9.97. The molecule has 4 nitrogen and oxygen atoms in total. The maximum Gasteiger partial charge on any atom is 0.119 e. The Kier molecular flexibility index (Phi) is 6.95. The Balaban J connectivity index is 1.76. The number of nitrogens with zero attached hydrogens (tertiary/aromatic N) is 2. The number of ether oxygens (including phenoxy) is 1. The van der Waals surface area contributed by atoms with E-state index < -0.39 is 0 Å². The average Bonchev–Trinajstić information content (AvgIpc) is 2.69. The van der Waals surface area contributed by atoms with E-state index in [9.17, 15) is 5.26 Å². The molecule has 1 fully saturated rings. The molecule has 0 amide bonds. The zero-order valence-electron chi connectivity index (χ0n) is 17.3. The van der Waals surface area contributed by atoms with Crippen LogP contribution in [-0.4, -0.2) is 38.2 Å². The number of hydrogen-bond donors (Lipinski definition) is 1. The van der Waals surface area contributed by atoms with Crippen molar-refractivity contribution in [1.29, 1.82) is 5.26 Å². The highest BCUT2D eigenvalue weighted by atomic mass is 16.5. The van der Waals surface area contributed by atoms with E-state index in [1.165, 1.54) is 32.1 Å². The van der Waals surface area contributed by atoms with E-state index in [0.717, 1.165) is 46.8 Å². The van der Waals surface area contributed by atoms with E-state index in [0.29, 0.717) is 6.10 Å². The first-order chi connectivity index (χ1) is 13.6. The first-order valence-electron chi connectivity index (χ1n) is 10.3. The fourth-order valence-corrected chi connectivity index (χ4v) is 3.76. The molecular weight excluding hydrogens is 346 g/mol. The molecule has 0 bridgehead atoms. The van der Waals surface area contributed by atoms with E-state index in [1.807, 2.05) is 21.0 Å². The fraction of sp³-hybridized carbons (Fsp3) is 0.458. The van der Waals surface area contributed by atoms with Crippen LogP contribution in [0, 0.1) is 18.3 Å². The second kappa shape index (κ2) is 9.61. The summed E-state index contributed by atoms with van der Waals surface area (Å²) in [5.41, 5.74) is 4.88. The van der Waals surface area contributed by atoms with Crippen molar-refractivity contribution in [3.63, 3.8) is 0 Å². The summed E-state index contributed by atoms with van der Waals surface area (Å²) in [6, 6.07) is 14.9. The standard InChI is InChI=1S/C24H31N3O/c1-18-15-20(16-24(23(18)17-25)26-13-14-27(2)3)19-9-11-22(12-10-19)28-21-7-5-4-6-8-21/h9-12,15-16,21,26H,4-8,13-14H2,1-3H3. The molecule has 4 heteroatoms. The van der Waals surface area contributed by atoms with Crippen LogP contribution in [-0.2, 0) is 0 Å². The highest BCUT2D eigenvalue weighted by Gasteiger charge is 2.15. The predicted molar refractivity (Wildman–Crippen MR) is 116 cm³/mol. The number of rotatable bonds is 7. The lowest BCUT2D eigenvalue weighted by Gasteiger charge is -2.23. The molecule has 0 atom stereocenters. The summed E-state index contributed by atoms with van der Waals surface area (Å²) >= 11 is 0. The van der Waals surface area contributed by atoms with Crippen molar-refractivity contribution in [3.8, 4) is 22.9 Å². The Morgan fingerprint density at radius 3 is 2.43 bits per heavy atom. The highest BCUT2D eigenvalue weighted by molar-refractivity contribution is 5.74. The summed E-state index contributed by atoms with van der Waals surface area (Å²) in [6.07, 6.45) is 6.58. The molecule has 1 aliphatic rings. The molecule has 1 N–H and O–H groups in total. The van der Waals surface area contributed by atoms with Gasteiger partial charge in [0, 0.05) is 13.1 Å². The minimum absolute atomic E-state index is 0.365. The number of aryl methyl sites for hydroxylation is 1. The second-order valence-corrected chi connectivity index (χ2v) is 7.96. The topological polar surface area (TPSA) is 48.3 Å². The zero-order valence-corrected chi connectivity index (χ0v) is 17.3. The molecule has 148 valence electrons. The van der Waals surface area contributed by atoms with Gasteiger partial charge in [0.1, 0.15) is 11.8 Å². The van der Waals surface area contributed by atoms with Crippen LogP contribution in [0.25, 0.3) is 11.1 Å². The highest BCUT2D eigenvalue weighted by Crippen LogP contribution is 2.30. The van der Waals surface area contributed by atoms with Crippen LogP contribution in [0.2, 0.25) is 0 Å². The summed E-state index contributed by atoms with van der Waals surface area (Å²) in [7, 11) is 4.09. The largest absolute Gasteiger partial charge is 0.490 e. The Labute approximate surface area is 169 Å². The van der Waals surface area contributed by atoms with Crippen LogP contribution in [0.1, 0.15) is 43.2 Å². The molecule has 0 spiro atoms. The molecule has 1 saturated carbocycles. The van der Waals surface area contributed by atoms with E-state index >= 15 is 0 Å². The second-order valence-electron chi connectivity index (χ2n) is 7.96. The third-order valence-corrected chi connectivity index (χ3v) is 5.36. The first kappa shape index (κ1) is 20.2. The Bertz CT molecular complexity index is 815. The van der Waals surface area contributed by atoms with Crippen LogP contribution >= 0.6 is 0 Å². The van der Waals surface area contributed by atoms with Crippen molar-refractivity contribution in [2.24, 2.45) is 0 Å². The average molecular weight is 378 g/mol. The first-order valence-corrected chi connectivity index (χ1v) is 10.3. The quantitative estimate of drug-likeness (QED) is 0.719. The van der Waals surface area contributed by atoms with Gasteiger partial charge in [0.25, 0.3) is 0 Å². The number of likely N-dealkylation sites (N-methyl/N-ethyl adjacent to an activating group) is 1. The smallest absolute Gasteiger partial charge is 0.119 e. The zero-order chi connectivity index (χ0) is 19.9. The third kappa shape index (κ3) is 5.27. The minimum atomic E-state index is 0.365. The van der Waals surface area contributed by atoms with Crippen LogP contribution in [0.3, 0.4) is 0 Å². The molecule has 3 rings (SSSR count). The van der Waals surface area contributed by atoms with Crippen molar-refractivity contribution in [2.75, 3.05) is 32.5 Å². The van der Waals surface area contributed by atoms with E-state index in [2.05, 4.69) is 52.7 Å². The third-order valence-electron chi connectivity index (χ3n) is 5.36. The van der Waals surface area contributed by atoms with Gasteiger partial charge in [-0.05, 0) is 87.7 Å². The van der Waals surface area contributed by atoms with E-state index in [-0.39, 0.29) is 0 Å². The molecule has 1 aliphatic carbocycles. The summed E-state index contributed by atoms with van der Waals surface area (Å²) in [4.78, 5) is 2.13. The molecule has 0 unspecified atom stereocenters. The van der Waals surface area contributed by atoms with Gasteiger partial charge in [0.2, 0.25) is 0 Å². The van der Waals surface area contributed by atoms with Gasteiger partial charge >= 0.3 is 0 Å². The molecule has 0 heterocycles. The van der Waals surface area contributed by atoms with Crippen LogP contribution in [0.4, 0.5) is 5.69 Å². The fourth-order valence-electron chi connectivity index (χ4n) is 3.76. The molecule has 0 saturated heterocycles. The molecule has 0 aromatic heterocycles. The van der Waals surface area contributed by atoms with Crippen LogP contribution in [0.15, 0.2) is 36.4 Å². The Morgan fingerprint density at radius 2 is 1.79 bits per heavy atom. The maximum atomic E-state index is 9.54. The lowest BCUT2D eigenvalue weighted by Crippen LogP contribution is -2.21. The van der Waals surface area contributed by atoms with Crippen molar-refractivity contribution in [2.45, 2.75) is 45.1 Å². The maximum absolute atomic E-state index is 9.54. The van der Waals surface area contributed by atoms with Gasteiger partial charge in [-0.2, -0.15) is 5.26 Å². The summed E-state index contributed by atoms with van der Waals surface area (Å²) < 4.78 is 6.15. The number of nitrogens with one attached hydrogen (secondary N) is 1. The summed E-state index contributed by atoms with van der Waals surface area (Å²) in [6.45, 7) is 3.72. The van der Waals surface area contributed by atoms with Crippen molar-refractivity contribution in [3.05, 3.63) is 47.5 Å². The number of hydrogen-bond acceptors (Lipinski definition) is 4. The molecule has 0 aliphatic heterocycles. The predicted octanol–water partition coefficient (Wildman–Crippen LogP) is 5.22.